The van der Waals surface area contributed by atoms with Crippen molar-refractivity contribution < 1.29 is 15.0 Å². The molecule has 0 aromatic rings. The second-order valence-electron chi connectivity index (χ2n) is 2.17. The van der Waals surface area contributed by atoms with Crippen molar-refractivity contribution in [2.45, 2.75) is 26.7 Å². The Bertz CT molecular complexity index is 134. The van der Waals surface area contributed by atoms with Crippen LogP contribution in [0.1, 0.15) is 26.7 Å². The van der Waals surface area contributed by atoms with Crippen LogP contribution >= 0.6 is 0 Å². The SMILES string of the molecule is CCCCO.CC[N+](=O)[O-].C[N+](=O)[O-]. The lowest BCUT2D eigenvalue weighted by Crippen LogP contribution is -1.92. The second-order valence-corrected chi connectivity index (χ2v) is 2.17. The topological polar surface area (TPSA) is 107 Å². The van der Waals surface area contributed by atoms with Crippen molar-refractivity contribution in [3.8, 4) is 0 Å². The van der Waals surface area contributed by atoms with E-state index in [0.29, 0.717) is 6.61 Å². The van der Waals surface area contributed by atoms with Crippen molar-refractivity contribution >= 4 is 0 Å². The smallest absolute Gasteiger partial charge is 0.201 e. The third-order valence-electron chi connectivity index (χ3n) is 0.770. The zero-order valence-electron chi connectivity index (χ0n) is 8.80. The first kappa shape index (κ1) is 18.5. The van der Waals surface area contributed by atoms with Crippen LogP contribution in [-0.2, 0) is 0 Å². The average Bonchev–Trinajstić information content (AvgIpc) is 2.06. The van der Waals surface area contributed by atoms with Crippen LogP contribution in [0.4, 0.5) is 0 Å². The summed E-state index contributed by atoms with van der Waals surface area (Å²) in [5.74, 6) is 0. The molecule has 0 aliphatic heterocycles. The lowest BCUT2D eigenvalue weighted by molar-refractivity contribution is -0.475. The van der Waals surface area contributed by atoms with Gasteiger partial charge in [0.1, 0.15) is 0 Å². The fourth-order valence-electron chi connectivity index (χ4n) is 0.158. The van der Waals surface area contributed by atoms with Gasteiger partial charge in [-0.3, -0.25) is 20.2 Å². The molecule has 14 heavy (non-hydrogen) atoms. The fourth-order valence-corrected chi connectivity index (χ4v) is 0.158. The standard InChI is InChI=1S/C4H10O.C2H5NO2.CH3NO2/c1-2-3-4-5;1-2-3(4)5;1-2(3)4/h5H,2-4H2,1H3;2H2,1H3;1H3. The molecule has 0 aromatic heterocycles. The van der Waals surface area contributed by atoms with Gasteiger partial charge in [0.15, 0.2) is 7.05 Å². The molecule has 0 spiro atoms. The summed E-state index contributed by atoms with van der Waals surface area (Å²) in [5.41, 5.74) is 0. The van der Waals surface area contributed by atoms with Gasteiger partial charge in [0.05, 0.1) is 0 Å². The Labute approximate surface area is 83.0 Å². The second kappa shape index (κ2) is 17.7. The summed E-state index contributed by atoms with van der Waals surface area (Å²) in [6.45, 7) is 3.92. The van der Waals surface area contributed by atoms with E-state index in [4.69, 9.17) is 15.2 Å². The molecule has 1 N–H and O–H groups in total. The van der Waals surface area contributed by atoms with E-state index in [-0.39, 0.29) is 11.5 Å². The molecule has 0 saturated carbocycles. The van der Waals surface area contributed by atoms with Gasteiger partial charge in [0.25, 0.3) is 0 Å². The number of aliphatic hydroxyl groups excluding tert-OH is 1. The lowest BCUT2D eigenvalue weighted by Gasteiger charge is -1.79. The van der Waals surface area contributed by atoms with Crippen molar-refractivity contribution in [2.75, 3.05) is 20.2 Å². The van der Waals surface area contributed by atoms with E-state index in [0.717, 1.165) is 19.9 Å². The highest BCUT2D eigenvalue weighted by molar-refractivity contribution is 4.23. The zero-order valence-corrected chi connectivity index (χ0v) is 8.80. The minimum atomic E-state index is -0.500. The van der Waals surface area contributed by atoms with E-state index in [9.17, 15) is 10.1 Å². The highest BCUT2D eigenvalue weighted by Gasteiger charge is 1.77. The van der Waals surface area contributed by atoms with E-state index < -0.39 is 4.92 Å². The summed E-state index contributed by atoms with van der Waals surface area (Å²) in [6, 6.07) is 0. The van der Waals surface area contributed by atoms with Crippen LogP contribution < -0.4 is 0 Å². The molecular formula is C7H18N2O5. The van der Waals surface area contributed by atoms with Crippen LogP contribution in [0.3, 0.4) is 0 Å². The van der Waals surface area contributed by atoms with Gasteiger partial charge in [-0.25, -0.2) is 0 Å². The van der Waals surface area contributed by atoms with Gasteiger partial charge >= 0.3 is 0 Å². The average molecular weight is 210 g/mol. The molecule has 0 rings (SSSR count). The molecule has 0 amide bonds. The lowest BCUT2D eigenvalue weighted by atomic mass is 10.4. The number of nitrogens with zero attached hydrogens (tertiary/aromatic N) is 2. The van der Waals surface area contributed by atoms with Gasteiger partial charge in [-0.15, -0.1) is 0 Å². The Kier molecular flexibility index (Phi) is 23.5. The van der Waals surface area contributed by atoms with Crippen LogP contribution in [0.2, 0.25) is 0 Å². The summed E-state index contributed by atoms with van der Waals surface area (Å²) in [7, 11) is 0.889. The molecule has 0 radical (unpaired) electrons. The summed E-state index contributed by atoms with van der Waals surface area (Å²) < 4.78 is 0. The van der Waals surface area contributed by atoms with Crippen LogP contribution in [0, 0.1) is 20.2 Å². The third kappa shape index (κ3) is 135. The summed E-state index contributed by atoms with van der Waals surface area (Å²) in [4.78, 5) is 17.1. The molecule has 0 heterocycles. The molecule has 0 unspecified atom stereocenters. The molecule has 0 atom stereocenters. The number of unbranched alkanes of at least 4 members (excludes halogenated alkanes) is 1. The first-order chi connectivity index (χ1) is 6.42. The van der Waals surface area contributed by atoms with Crippen molar-refractivity contribution in [3.63, 3.8) is 0 Å². The molecule has 0 aliphatic carbocycles. The molecule has 0 fully saturated rings. The van der Waals surface area contributed by atoms with Gasteiger partial charge in [-0.1, -0.05) is 13.3 Å². The Balaban J connectivity index is -0.000000131. The van der Waals surface area contributed by atoms with E-state index in [1.54, 1.807) is 0 Å². The molecule has 86 valence electrons. The Morgan fingerprint density at radius 3 is 1.50 bits per heavy atom. The predicted octanol–water partition coefficient (Wildman–Crippen LogP) is 0.955. The van der Waals surface area contributed by atoms with Gasteiger partial charge in [0, 0.05) is 23.4 Å². The van der Waals surface area contributed by atoms with Crippen LogP contribution in [0.5, 0.6) is 0 Å². The third-order valence-corrected chi connectivity index (χ3v) is 0.770. The summed E-state index contributed by atoms with van der Waals surface area (Å²) in [6.07, 6.45) is 2.04. The fraction of sp³-hybridized carbons (Fsp3) is 1.00. The Morgan fingerprint density at radius 1 is 1.21 bits per heavy atom. The minimum absolute atomic E-state index is 0.0278. The van der Waals surface area contributed by atoms with Gasteiger partial charge in [-0.2, -0.15) is 0 Å². The monoisotopic (exact) mass is 210 g/mol. The maximum absolute atomic E-state index is 9.17. The van der Waals surface area contributed by atoms with Gasteiger partial charge in [-0.05, 0) is 6.42 Å². The molecule has 0 saturated heterocycles. The Morgan fingerprint density at radius 2 is 1.50 bits per heavy atom. The normalized spacial score (nSPS) is 7.43. The molecular weight excluding hydrogens is 192 g/mol. The quantitative estimate of drug-likeness (QED) is 0.551. The van der Waals surface area contributed by atoms with Crippen LogP contribution in [0.15, 0.2) is 0 Å². The highest BCUT2D eigenvalue weighted by atomic mass is 16.6. The predicted molar refractivity (Wildman–Crippen MR) is 52.4 cm³/mol. The maximum Gasteiger partial charge on any atom is 0.201 e. The molecule has 0 aromatic carbocycles. The van der Waals surface area contributed by atoms with Crippen LogP contribution in [0.25, 0.3) is 0 Å². The van der Waals surface area contributed by atoms with E-state index in [2.05, 4.69) is 6.92 Å². The number of hydrogen-bond donors (Lipinski definition) is 1. The van der Waals surface area contributed by atoms with E-state index in [1.165, 1.54) is 6.92 Å². The number of rotatable bonds is 3. The van der Waals surface area contributed by atoms with Crippen molar-refractivity contribution in [1.29, 1.82) is 0 Å². The Hall–Kier alpha value is -1.24. The first-order valence-corrected chi connectivity index (χ1v) is 4.22. The van der Waals surface area contributed by atoms with Gasteiger partial charge in [0.2, 0.25) is 6.54 Å². The zero-order chi connectivity index (χ0) is 12.0. The van der Waals surface area contributed by atoms with E-state index in [1.807, 2.05) is 0 Å². The highest BCUT2D eigenvalue weighted by Crippen LogP contribution is 1.78. The molecule has 7 nitrogen and oxygen atoms in total. The largest absolute Gasteiger partial charge is 0.396 e. The van der Waals surface area contributed by atoms with Crippen LogP contribution in [-0.4, -0.2) is 35.2 Å². The van der Waals surface area contributed by atoms with Crippen molar-refractivity contribution in [1.82, 2.24) is 0 Å². The summed E-state index contributed by atoms with van der Waals surface area (Å²) >= 11 is 0. The van der Waals surface area contributed by atoms with Crippen molar-refractivity contribution in [3.05, 3.63) is 20.2 Å². The maximum atomic E-state index is 9.17. The first-order valence-electron chi connectivity index (χ1n) is 4.22. The van der Waals surface area contributed by atoms with Gasteiger partial charge < -0.3 is 5.11 Å². The number of aliphatic hydroxyl groups is 1. The number of hydrogen-bond acceptors (Lipinski definition) is 5. The summed E-state index contributed by atoms with van der Waals surface area (Å²) in [5, 5.41) is 26.0. The molecule has 7 heteroatoms. The number of nitro groups is 2. The molecule has 0 aliphatic rings. The van der Waals surface area contributed by atoms with E-state index >= 15 is 0 Å². The van der Waals surface area contributed by atoms with Crippen molar-refractivity contribution in [2.24, 2.45) is 0 Å². The molecule has 0 bridgehead atoms. The minimum Gasteiger partial charge on any atom is -0.396 e.